The minimum absolute atomic E-state index is 0.000287. The summed E-state index contributed by atoms with van der Waals surface area (Å²) >= 11 is 0. The van der Waals surface area contributed by atoms with Gasteiger partial charge in [-0.1, -0.05) is 0 Å². The first-order valence-electron chi connectivity index (χ1n) is 8.87. The van der Waals surface area contributed by atoms with E-state index in [0.29, 0.717) is 11.3 Å². The first-order chi connectivity index (χ1) is 13.0. The van der Waals surface area contributed by atoms with Crippen LogP contribution < -0.4 is 5.32 Å². The van der Waals surface area contributed by atoms with E-state index in [1.54, 1.807) is 24.3 Å². The zero-order valence-electron chi connectivity index (χ0n) is 15.0. The average molecular weight is 367 g/mol. The number of hydrogen-bond acceptors (Lipinski definition) is 4. The summed E-state index contributed by atoms with van der Waals surface area (Å²) in [6.45, 7) is 2.83. The number of likely N-dealkylation sites (tertiary alicyclic amines) is 1. The van der Waals surface area contributed by atoms with Gasteiger partial charge in [0.05, 0.1) is 0 Å². The number of carboxylic acids is 1. The summed E-state index contributed by atoms with van der Waals surface area (Å²) in [4.78, 5) is 41.5. The van der Waals surface area contributed by atoms with Crippen LogP contribution in [-0.4, -0.2) is 45.4 Å². The SMILES string of the molecule is CC1CCCCN1C(=O)c1ccc(NC(=O)c2ccnc(C(=O)O)c2)cc1. The number of amides is 2. The van der Waals surface area contributed by atoms with Crippen molar-refractivity contribution >= 4 is 23.5 Å². The normalized spacial score (nSPS) is 16.6. The van der Waals surface area contributed by atoms with Crippen molar-refractivity contribution in [2.75, 3.05) is 11.9 Å². The number of carbonyl (C=O) groups is 3. The van der Waals surface area contributed by atoms with Gasteiger partial charge in [0.2, 0.25) is 0 Å². The molecule has 1 aliphatic heterocycles. The van der Waals surface area contributed by atoms with Gasteiger partial charge in [-0.2, -0.15) is 0 Å². The van der Waals surface area contributed by atoms with Crippen molar-refractivity contribution in [3.8, 4) is 0 Å². The number of benzene rings is 1. The molecule has 2 aromatic rings. The van der Waals surface area contributed by atoms with Gasteiger partial charge >= 0.3 is 5.97 Å². The van der Waals surface area contributed by atoms with Crippen molar-refractivity contribution in [1.29, 1.82) is 0 Å². The molecule has 1 saturated heterocycles. The molecule has 3 rings (SSSR count). The molecule has 27 heavy (non-hydrogen) atoms. The molecule has 0 spiro atoms. The number of aromatic nitrogens is 1. The first-order valence-corrected chi connectivity index (χ1v) is 8.87. The van der Waals surface area contributed by atoms with E-state index in [4.69, 9.17) is 5.11 Å². The molecular formula is C20H21N3O4. The number of nitrogens with zero attached hydrogens (tertiary/aromatic N) is 2. The zero-order chi connectivity index (χ0) is 19.4. The van der Waals surface area contributed by atoms with Crippen LogP contribution in [0.25, 0.3) is 0 Å². The van der Waals surface area contributed by atoms with E-state index in [0.717, 1.165) is 25.8 Å². The smallest absolute Gasteiger partial charge is 0.354 e. The van der Waals surface area contributed by atoms with E-state index >= 15 is 0 Å². The molecule has 1 aromatic carbocycles. The Labute approximate surface area is 157 Å². The molecule has 1 aliphatic rings. The summed E-state index contributed by atoms with van der Waals surface area (Å²) in [5.74, 6) is -1.64. The highest BCUT2D eigenvalue weighted by molar-refractivity contribution is 6.05. The largest absolute Gasteiger partial charge is 0.477 e. The zero-order valence-corrected chi connectivity index (χ0v) is 15.0. The molecule has 140 valence electrons. The maximum absolute atomic E-state index is 12.6. The number of pyridine rings is 1. The number of nitrogens with one attached hydrogen (secondary N) is 1. The highest BCUT2D eigenvalue weighted by Gasteiger charge is 2.24. The van der Waals surface area contributed by atoms with Gasteiger partial charge < -0.3 is 15.3 Å². The molecule has 7 heteroatoms. The predicted octanol–water partition coefficient (Wildman–Crippen LogP) is 3.05. The van der Waals surface area contributed by atoms with E-state index in [2.05, 4.69) is 17.2 Å². The number of carboxylic acid groups (broad SMARTS) is 1. The highest BCUT2D eigenvalue weighted by Crippen LogP contribution is 2.20. The van der Waals surface area contributed by atoms with E-state index in [-0.39, 0.29) is 23.2 Å². The Hall–Kier alpha value is -3.22. The van der Waals surface area contributed by atoms with Crippen LogP contribution in [0.1, 0.15) is 57.4 Å². The van der Waals surface area contributed by atoms with Gasteiger partial charge in [-0.25, -0.2) is 9.78 Å². The summed E-state index contributed by atoms with van der Waals surface area (Å²) in [5.41, 5.74) is 1.11. The van der Waals surface area contributed by atoms with Gasteiger partial charge in [0.15, 0.2) is 0 Å². The number of piperidine rings is 1. The fourth-order valence-electron chi connectivity index (χ4n) is 3.15. The van der Waals surface area contributed by atoms with Crippen molar-refractivity contribution in [1.82, 2.24) is 9.88 Å². The van der Waals surface area contributed by atoms with Gasteiger partial charge in [-0.05, 0) is 62.6 Å². The van der Waals surface area contributed by atoms with Gasteiger partial charge in [-0.3, -0.25) is 9.59 Å². The second kappa shape index (κ2) is 7.99. The van der Waals surface area contributed by atoms with Crippen molar-refractivity contribution in [3.05, 3.63) is 59.4 Å². The van der Waals surface area contributed by atoms with Crippen molar-refractivity contribution in [2.24, 2.45) is 0 Å². The molecule has 1 unspecified atom stereocenters. The van der Waals surface area contributed by atoms with Crippen LogP contribution in [0.15, 0.2) is 42.6 Å². The van der Waals surface area contributed by atoms with Crippen LogP contribution in [0.3, 0.4) is 0 Å². The average Bonchev–Trinajstić information content (AvgIpc) is 2.68. The van der Waals surface area contributed by atoms with Gasteiger partial charge in [0, 0.05) is 35.6 Å². The standard InChI is InChI=1S/C20H21N3O4/c1-13-4-2-3-11-23(13)19(25)14-5-7-16(8-6-14)22-18(24)15-9-10-21-17(12-15)20(26)27/h5-10,12-13H,2-4,11H2,1H3,(H,22,24)(H,26,27). The molecule has 1 aromatic heterocycles. The van der Waals surface area contributed by atoms with Crippen molar-refractivity contribution < 1.29 is 19.5 Å². The van der Waals surface area contributed by atoms with Crippen LogP contribution in [0.4, 0.5) is 5.69 Å². The van der Waals surface area contributed by atoms with Crippen molar-refractivity contribution in [3.63, 3.8) is 0 Å². The Morgan fingerprint density at radius 1 is 1.11 bits per heavy atom. The fraction of sp³-hybridized carbons (Fsp3) is 0.300. The monoisotopic (exact) mass is 367 g/mol. The summed E-state index contributed by atoms with van der Waals surface area (Å²) in [6, 6.07) is 9.60. The number of rotatable bonds is 4. The Balaban J connectivity index is 1.68. The van der Waals surface area contributed by atoms with E-state index in [1.807, 2.05) is 4.90 Å². The molecule has 2 N–H and O–H groups in total. The Morgan fingerprint density at radius 3 is 2.52 bits per heavy atom. The number of hydrogen-bond donors (Lipinski definition) is 2. The maximum atomic E-state index is 12.6. The molecular weight excluding hydrogens is 346 g/mol. The van der Waals surface area contributed by atoms with Crippen LogP contribution in [0.5, 0.6) is 0 Å². The molecule has 0 aliphatic carbocycles. The molecule has 0 bridgehead atoms. The predicted molar refractivity (Wildman–Crippen MR) is 99.9 cm³/mol. The van der Waals surface area contributed by atoms with Crippen molar-refractivity contribution in [2.45, 2.75) is 32.2 Å². The number of aromatic carboxylic acids is 1. The number of anilines is 1. The van der Waals surface area contributed by atoms with E-state index in [9.17, 15) is 14.4 Å². The molecule has 2 heterocycles. The van der Waals surface area contributed by atoms with Gasteiger partial charge in [0.1, 0.15) is 5.69 Å². The lowest BCUT2D eigenvalue weighted by Crippen LogP contribution is -2.42. The maximum Gasteiger partial charge on any atom is 0.354 e. The summed E-state index contributed by atoms with van der Waals surface area (Å²) in [6.07, 6.45) is 4.47. The Morgan fingerprint density at radius 2 is 1.85 bits per heavy atom. The second-order valence-electron chi connectivity index (χ2n) is 6.61. The van der Waals surface area contributed by atoms with Crippen LogP contribution in [0.2, 0.25) is 0 Å². The van der Waals surface area contributed by atoms with E-state index in [1.165, 1.54) is 18.3 Å². The molecule has 1 fully saturated rings. The minimum atomic E-state index is -1.19. The summed E-state index contributed by atoms with van der Waals surface area (Å²) < 4.78 is 0. The quantitative estimate of drug-likeness (QED) is 0.865. The lowest BCUT2D eigenvalue weighted by molar-refractivity contribution is 0.0634. The minimum Gasteiger partial charge on any atom is -0.477 e. The first kappa shape index (κ1) is 18.6. The molecule has 0 radical (unpaired) electrons. The molecule has 7 nitrogen and oxygen atoms in total. The highest BCUT2D eigenvalue weighted by atomic mass is 16.4. The Kier molecular flexibility index (Phi) is 5.49. The third-order valence-electron chi connectivity index (χ3n) is 4.69. The Bertz CT molecular complexity index is 864. The lowest BCUT2D eigenvalue weighted by atomic mass is 10.0. The molecule has 0 saturated carbocycles. The number of carbonyl (C=O) groups excluding carboxylic acids is 2. The topological polar surface area (TPSA) is 99.6 Å². The summed E-state index contributed by atoms with van der Waals surface area (Å²) in [5, 5.41) is 11.7. The molecule has 1 atom stereocenters. The fourth-order valence-corrected chi connectivity index (χ4v) is 3.15. The third-order valence-corrected chi connectivity index (χ3v) is 4.69. The lowest BCUT2D eigenvalue weighted by Gasteiger charge is -2.33. The van der Waals surface area contributed by atoms with Crippen LogP contribution in [-0.2, 0) is 0 Å². The van der Waals surface area contributed by atoms with Gasteiger partial charge in [-0.15, -0.1) is 0 Å². The molecule has 2 amide bonds. The third kappa shape index (κ3) is 4.31. The van der Waals surface area contributed by atoms with Gasteiger partial charge in [0.25, 0.3) is 11.8 Å². The van der Waals surface area contributed by atoms with E-state index < -0.39 is 11.9 Å². The summed E-state index contributed by atoms with van der Waals surface area (Å²) in [7, 11) is 0. The second-order valence-corrected chi connectivity index (χ2v) is 6.61. The van der Waals surface area contributed by atoms with Crippen LogP contribution in [0, 0.1) is 0 Å². The van der Waals surface area contributed by atoms with Crippen LogP contribution >= 0.6 is 0 Å².